The molecule has 1 unspecified atom stereocenters. The molecule has 100 valence electrons. The number of aliphatic hydroxyl groups excluding tert-OH is 1. The van der Waals surface area contributed by atoms with E-state index in [4.69, 9.17) is 0 Å². The van der Waals surface area contributed by atoms with Gasteiger partial charge >= 0.3 is 5.97 Å². The molecular weight excluding hydrogens is 248 g/mol. The number of esters is 1. The first-order valence-electron chi connectivity index (χ1n) is 5.79. The first kappa shape index (κ1) is 13.2. The highest BCUT2D eigenvalue weighted by molar-refractivity contribution is 6.42. The molecule has 6 heteroatoms. The summed E-state index contributed by atoms with van der Waals surface area (Å²) in [6.45, 7) is 1.66. The normalized spacial score (nSPS) is 16.3. The number of hydrogen-bond donors (Lipinski definition) is 1. The zero-order valence-electron chi connectivity index (χ0n) is 10.7. The van der Waals surface area contributed by atoms with Crippen LogP contribution in [0.5, 0.6) is 0 Å². The van der Waals surface area contributed by atoms with E-state index in [0.29, 0.717) is 5.69 Å². The minimum Gasteiger partial charge on any atom is -0.464 e. The van der Waals surface area contributed by atoms with Crippen molar-refractivity contribution in [2.75, 3.05) is 12.1 Å². The Bertz CT molecular complexity index is 534. The molecule has 2 rings (SSSR count). The number of nitrogens with zero attached hydrogens (tertiary/aromatic N) is 2. The van der Waals surface area contributed by atoms with Crippen LogP contribution >= 0.6 is 0 Å². The van der Waals surface area contributed by atoms with E-state index < -0.39 is 12.1 Å². The van der Waals surface area contributed by atoms with Crippen LogP contribution in [0, 0.1) is 0 Å². The molecule has 0 bridgehead atoms. The van der Waals surface area contributed by atoms with Crippen molar-refractivity contribution in [2.24, 2.45) is 5.10 Å². The fraction of sp³-hybridized carbons (Fsp3) is 0.308. The highest BCUT2D eigenvalue weighted by atomic mass is 16.5. The maximum Gasteiger partial charge on any atom is 0.354 e. The van der Waals surface area contributed by atoms with Crippen molar-refractivity contribution in [2.45, 2.75) is 19.4 Å². The summed E-state index contributed by atoms with van der Waals surface area (Å²) in [5.41, 5.74) is 1.38. The number of ether oxygens (including phenoxy) is 1. The smallest absolute Gasteiger partial charge is 0.354 e. The standard InChI is InChI=1S/C13H14N2O4/c1-8(16)9-3-5-10(6-4-9)15-12(17)7-11(14-15)13(18)19-2/h3-6,8,16H,7H2,1-2H3. The molecule has 0 aromatic heterocycles. The molecule has 0 aliphatic carbocycles. The van der Waals surface area contributed by atoms with Gasteiger partial charge in [-0.3, -0.25) is 4.79 Å². The van der Waals surface area contributed by atoms with Crippen LogP contribution < -0.4 is 5.01 Å². The maximum absolute atomic E-state index is 11.8. The number of carbonyl (C=O) groups excluding carboxylic acids is 2. The lowest BCUT2D eigenvalue weighted by Gasteiger charge is -2.12. The first-order valence-corrected chi connectivity index (χ1v) is 5.79. The van der Waals surface area contributed by atoms with Crippen LogP contribution in [0.2, 0.25) is 0 Å². The van der Waals surface area contributed by atoms with Crippen LogP contribution in [0.3, 0.4) is 0 Å². The van der Waals surface area contributed by atoms with Gasteiger partial charge in [0.15, 0.2) is 5.71 Å². The largest absolute Gasteiger partial charge is 0.464 e. The van der Waals surface area contributed by atoms with Crippen molar-refractivity contribution >= 4 is 23.3 Å². The molecule has 0 radical (unpaired) electrons. The van der Waals surface area contributed by atoms with Crippen LogP contribution in [-0.2, 0) is 14.3 Å². The van der Waals surface area contributed by atoms with E-state index in [1.807, 2.05) is 0 Å². The van der Waals surface area contributed by atoms with Gasteiger partial charge < -0.3 is 9.84 Å². The van der Waals surface area contributed by atoms with Gasteiger partial charge in [-0.15, -0.1) is 0 Å². The van der Waals surface area contributed by atoms with E-state index in [0.717, 1.165) is 10.6 Å². The molecule has 1 N–H and O–H groups in total. The molecule has 1 aliphatic rings. The highest BCUT2D eigenvalue weighted by Gasteiger charge is 2.29. The lowest BCUT2D eigenvalue weighted by molar-refractivity contribution is -0.133. The van der Waals surface area contributed by atoms with Gasteiger partial charge in [0, 0.05) is 0 Å². The van der Waals surface area contributed by atoms with E-state index in [1.54, 1.807) is 31.2 Å². The second-order valence-corrected chi connectivity index (χ2v) is 4.19. The molecule has 0 saturated carbocycles. The minimum absolute atomic E-state index is 0.0647. The number of carbonyl (C=O) groups is 2. The number of hydrogen-bond acceptors (Lipinski definition) is 5. The summed E-state index contributed by atoms with van der Waals surface area (Å²) in [7, 11) is 1.25. The van der Waals surface area contributed by atoms with Crippen molar-refractivity contribution in [3.63, 3.8) is 0 Å². The first-order chi connectivity index (χ1) is 9.02. The Morgan fingerprint density at radius 3 is 2.58 bits per heavy atom. The molecule has 1 aromatic carbocycles. The Kier molecular flexibility index (Phi) is 3.62. The van der Waals surface area contributed by atoms with Crippen molar-refractivity contribution in [1.82, 2.24) is 0 Å². The molecular formula is C13H14N2O4. The van der Waals surface area contributed by atoms with Crippen molar-refractivity contribution in [3.05, 3.63) is 29.8 Å². The zero-order chi connectivity index (χ0) is 14.0. The van der Waals surface area contributed by atoms with Gasteiger partial charge in [0.05, 0.1) is 25.3 Å². The predicted molar refractivity (Wildman–Crippen MR) is 68.6 cm³/mol. The minimum atomic E-state index is -0.601. The molecule has 0 spiro atoms. The summed E-state index contributed by atoms with van der Waals surface area (Å²) in [5.74, 6) is -0.887. The van der Waals surface area contributed by atoms with Crippen LogP contribution in [0.4, 0.5) is 5.69 Å². The van der Waals surface area contributed by atoms with Gasteiger partial charge in [0.2, 0.25) is 0 Å². The van der Waals surface area contributed by atoms with Gasteiger partial charge in [-0.2, -0.15) is 10.1 Å². The fourth-order valence-corrected chi connectivity index (χ4v) is 1.76. The third-order valence-electron chi connectivity index (χ3n) is 2.82. The zero-order valence-corrected chi connectivity index (χ0v) is 10.7. The average Bonchev–Trinajstić information content (AvgIpc) is 2.80. The van der Waals surface area contributed by atoms with Crippen molar-refractivity contribution in [3.8, 4) is 0 Å². The second-order valence-electron chi connectivity index (χ2n) is 4.19. The molecule has 1 aromatic rings. The van der Waals surface area contributed by atoms with Gasteiger partial charge in [0.25, 0.3) is 5.91 Å². The number of methoxy groups -OCH3 is 1. The second kappa shape index (κ2) is 5.19. The van der Waals surface area contributed by atoms with Gasteiger partial charge in [-0.05, 0) is 24.6 Å². The van der Waals surface area contributed by atoms with E-state index >= 15 is 0 Å². The summed E-state index contributed by atoms with van der Waals surface area (Å²) in [6, 6.07) is 6.76. The van der Waals surface area contributed by atoms with E-state index in [2.05, 4.69) is 9.84 Å². The molecule has 19 heavy (non-hydrogen) atoms. The number of benzene rings is 1. The monoisotopic (exact) mass is 262 g/mol. The molecule has 1 atom stereocenters. The van der Waals surface area contributed by atoms with Gasteiger partial charge in [-0.25, -0.2) is 4.79 Å². The lowest BCUT2D eigenvalue weighted by atomic mass is 10.1. The molecule has 6 nitrogen and oxygen atoms in total. The Labute approximate surface area is 110 Å². The third-order valence-corrected chi connectivity index (χ3v) is 2.82. The molecule has 1 heterocycles. The Morgan fingerprint density at radius 1 is 1.42 bits per heavy atom. The summed E-state index contributed by atoms with van der Waals surface area (Å²) in [4.78, 5) is 23.1. The average molecular weight is 262 g/mol. The summed E-state index contributed by atoms with van der Waals surface area (Å²) >= 11 is 0. The molecule has 0 saturated heterocycles. The number of anilines is 1. The quantitative estimate of drug-likeness (QED) is 0.824. The van der Waals surface area contributed by atoms with Crippen LogP contribution in [0.25, 0.3) is 0 Å². The Hall–Kier alpha value is -2.21. The molecule has 0 fully saturated rings. The predicted octanol–water partition coefficient (Wildman–Crippen LogP) is 1.01. The number of rotatable bonds is 3. The van der Waals surface area contributed by atoms with Gasteiger partial charge in [0.1, 0.15) is 0 Å². The summed E-state index contributed by atoms with van der Waals surface area (Å²) in [6.07, 6.45) is -0.636. The summed E-state index contributed by atoms with van der Waals surface area (Å²) < 4.78 is 4.54. The Morgan fingerprint density at radius 2 is 2.05 bits per heavy atom. The topological polar surface area (TPSA) is 79.2 Å². The van der Waals surface area contributed by atoms with E-state index in [-0.39, 0.29) is 18.0 Å². The van der Waals surface area contributed by atoms with Crippen LogP contribution in [0.1, 0.15) is 25.0 Å². The lowest BCUT2D eigenvalue weighted by Crippen LogP contribution is -2.19. The van der Waals surface area contributed by atoms with Crippen LogP contribution in [0.15, 0.2) is 29.4 Å². The van der Waals surface area contributed by atoms with E-state index in [1.165, 1.54) is 7.11 Å². The highest BCUT2D eigenvalue weighted by Crippen LogP contribution is 2.23. The number of amides is 1. The molecule has 1 amide bonds. The third kappa shape index (κ3) is 2.63. The molecule has 1 aliphatic heterocycles. The fourth-order valence-electron chi connectivity index (χ4n) is 1.76. The van der Waals surface area contributed by atoms with Crippen molar-refractivity contribution in [1.29, 1.82) is 0 Å². The Balaban J connectivity index is 2.24. The maximum atomic E-state index is 11.8. The van der Waals surface area contributed by atoms with Crippen molar-refractivity contribution < 1.29 is 19.4 Å². The van der Waals surface area contributed by atoms with E-state index in [9.17, 15) is 14.7 Å². The number of hydrazone groups is 1. The SMILES string of the molecule is COC(=O)C1=NN(c2ccc(C(C)O)cc2)C(=O)C1. The van der Waals surface area contributed by atoms with Gasteiger partial charge in [-0.1, -0.05) is 12.1 Å². The van der Waals surface area contributed by atoms with Crippen LogP contribution in [-0.4, -0.2) is 29.8 Å². The summed E-state index contributed by atoms with van der Waals surface area (Å²) in [5, 5.41) is 14.5. The number of aliphatic hydroxyl groups is 1.